The van der Waals surface area contributed by atoms with Crippen molar-refractivity contribution < 1.29 is 21.6 Å². The molecule has 0 radical (unpaired) electrons. The van der Waals surface area contributed by atoms with E-state index in [2.05, 4.69) is 10.0 Å². The molecule has 0 atom stereocenters. The van der Waals surface area contributed by atoms with Crippen LogP contribution in [0.2, 0.25) is 15.1 Å². The maximum Gasteiger partial charge on any atom is 0.261 e. The molecule has 0 saturated carbocycles. The van der Waals surface area contributed by atoms with Gasteiger partial charge < -0.3 is 5.32 Å². The van der Waals surface area contributed by atoms with Gasteiger partial charge in [-0.1, -0.05) is 59.1 Å². The van der Waals surface area contributed by atoms with E-state index < -0.39 is 26.0 Å². The van der Waals surface area contributed by atoms with Crippen LogP contribution in [-0.4, -0.2) is 29.0 Å². The highest BCUT2D eigenvalue weighted by Crippen LogP contribution is 2.34. The molecular formula is C28H24Cl3N3O5S2. The highest BCUT2D eigenvalue weighted by molar-refractivity contribution is 7.92. The number of nitrogens with one attached hydrogen (secondary N) is 2. The molecule has 0 saturated heterocycles. The van der Waals surface area contributed by atoms with Crippen molar-refractivity contribution in [2.24, 2.45) is 0 Å². The van der Waals surface area contributed by atoms with Gasteiger partial charge in [-0.25, -0.2) is 16.8 Å². The average Bonchev–Trinajstić information content (AvgIpc) is 2.91. The highest BCUT2D eigenvalue weighted by atomic mass is 35.5. The molecule has 1 amide bonds. The van der Waals surface area contributed by atoms with E-state index in [1.807, 2.05) is 0 Å². The van der Waals surface area contributed by atoms with Gasteiger partial charge in [0.2, 0.25) is 10.0 Å². The summed E-state index contributed by atoms with van der Waals surface area (Å²) in [6, 6.07) is 21.7. The molecule has 0 aliphatic rings. The number of halogens is 3. The zero-order chi connectivity index (χ0) is 29.9. The summed E-state index contributed by atoms with van der Waals surface area (Å²) in [4.78, 5) is 12.8. The lowest BCUT2D eigenvalue weighted by molar-refractivity contribution is 0.102. The molecule has 0 bridgehead atoms. The molecular weight excluding hydrogens is 629 g/mol. The fourth-order valence-electron chi connectivity index (χ4n) is 3.84. The first-order chi connectivity index (χ1) is 19.3. The van der Waals surface area contributed by atoms with Gasteiger partial charge in [-0.2, -0.15) is 0 Å². The number of anilines is 3. The van der Waals surface area contributed by atoms with Crippen molar-refractivity contribution in [2.75, 3.05) is 20.6 Å². The number of carbonyl (C=O) groups is 1. The Hall–Kier alpha value is -3.28. The molecule has 0 heterocycles. The number of sulfonamides is 2. The third-order valence-electron chi connectivity index (χ3n) is 6.08. The molecule has 0 fully saturated rings. The number of carbonyl (C=O) groups excluding carboxylic acids is 1. The Labute approximate surface area is 254 Å². The van der Waals surface area contributed by atoms with Crippen LogP contribution < -0.4 is 14.3 Å². The predicted molar refractivity (Wildman–Crippen MR) is 165 cm³/mol. The fraction of sp³-hybridized carbons (Fsp3) is 0.107. The lowest BCUT2D eigenvalue weighted by Gasteiger charge is -2.24. The van der Waals surface area contributed by atoms with Crippen LogP contribution in [0, 0.1) is 6.92 Å². The number of benzene rings is 4. The first-order valence-electron chi connectivity index (χ1n) is 12.0. The molecule has 0 aliphatic carbocycles. The number of amides is 1. The Balaban J connectivity index is 1.45. The van der Waals surface area contributed by atoms with Gasteiger partial charge in [0.15, 0.2) is 0 Å². The zero-order valence-corrected chi connectivity index (χ0v) is 25.6. The SMILES string of the molecule is Cc1c(Cl)cccc1NS(=O)(=O)c1ccc(NC(=O)c2ccc(CN(c3cccc(Cl)c3Cl)S(C)(=O)=O)cc2)cc1. The molecule has 0 spiro atoms. The van der Waals surface area contributed by atoms with Gasteiger partial charge in [-0.05, 0) is 78.7 Å². The average molecular weight is 653 g/mol. The highest BCUT2D eigenvalue weighted by Gasteiger charge is 2.22. The lowest BCUT2D eigenvalue weighted by atomic mass is 10.1. The minimum Gasteiger partial charge on any atom is -0.322 e. The molecule has 41 heavy (non-hydrogen) atoms. The Morgan fingerprint density at radius 2 is 1.41 bits per heavy atom. The van der Waals surface area contributed by atoms with Crippen LogP contribution >= 0.6 is 34.8 Å². The smallest absolute Gasteiger partial charge is 0.261 e. The van der Waals surface area contributed by atoms with Gasteiger partial charge in [0.1, 0.15) is 0 Å². The lowest BCUT2D eigenvalue weighted by Crippen LogP contribution is -2.29. The largest absolute Gasteiger partial charge is 0.322 e. The normalized spacial score (nSPS) is 11.6. The van der Waals surface area contributed by atoms with Crippen molar-refractivity contribution in [1.29, 1.82) is 0 Å². The molecule has 0 aliphatic heterocycles. The van der Waals surface area contributed by atoms with Crippen molar-refractivity contribution in [3.8, 4) is 0 Å². The first-order valence-corrected chi connectivity index (χ1v) is 16.4. The van der Waals surface area contributed by atoms with Gasteiger partial charge in [0, 0.05) is 16.3 Å². The maximum absolute atomic E-state index is 12.8. The number of nitrogens with zero attached hydrogens (tertiary/aromatic N) is 1. The predicted octanol–water partition coefficient (Wildman–Crippen LogP) is 6.97. The van der Waals surface area contributed by atoms with Gasteiger partial charge in [-0.3, -0.25) is 13.8 Å². The van der Waals surface area contributed by atoms with Crippen molar-refractivity contribution in [3.05, 3.63) is 117 Å². The number of hydrogen-bond acceptors (Lipinski definition) is 5. The Morgan fingerprint density at radius 1 is 0.805 bits per heavy atom. The summed E-state index contributed by atoms with van der Waals surface area (Å²) in [6.45, 7) is 1.68. The van der Waals surface area contributed by atoms with Gasteiger partial charge in [-0.15, -0.1) is 0 Å². The van der Waals surface area contributed by atoms with Crippen molar-refractivity contribution in [3.63, 3.8) is 0 Å². The van der Waals surface area contributed by atoms with Gasteiger partial charge >= 0.3 is 0 Å². The standard InChI is InChI=1S/C28H24Cl3N3O5S2/c1-18-23(29)5-3-7-25(18)33-41(38,39)22-15-13-21(14-16-22)32-28(35)20-11-9-19(10-12-20)17-34(40(2,36)37)26-8-4-6-24(30)27(26)31/h3-16,33H,17H2,1-2H3,(H,32,35). The molecule has 0 unspecified atom stereocenters. The summed E-state index contributed by atoms with van der Waals surface area (Å²) in [5.74, 6) is -0.433. The molecule has 4 rings (SSSR count). The third kappa shape index (κ3) is 7.33. The second-order valence-corrected chi connectivity index (χ2v) is 13.8. The van der Waals surface area contributed by atoms with Crippen LogP contribution in [0.5, 0.6) is 0 Å². The molecule has 8 nitrogen and oxygen atoms in total. The summed E-state index contributed by atoms with van der Waals surface area (Å²) >= 11 is 18.4. The van der Waals surface area contributed by atoms with E-state index >= 15 is 0 Å². The van der Waals surface area contributed by atoms with E-state index in [4.69, 9.17) is 34.8 Å². The molecule has 214 valence electrons. The molecule has 2 N–H and O–H groups in total. The summed E-state index contributed by atoms with van der Waals surface area (Å²) < 4.78 is 54.3. The minimum atomic E-state index is -3.88. The van der Waals surface area contributed by atoms with Crippen LogP contribution in [-0.2, 0) is 26.6 Å². The van der Waals surface area contributed by atoms with E-state index in [0.717, 1.165) is 10.6 Å². The van der Waals surface area contributed by atoms with Crippen molar-refractivity contribution in [2.45, 2.75) is 18.4 Å². The van der Waals surface area contributed by atoms with Gasteiger partial charge in [0.25, 0.3) is 15.9 Å². The van der Waals surface area contributed by atoms with Gasteiger partial charge in [0.05, 0.1) is 39.1 Å². The molecule has 0 aromatic heterocycles. The monoisotopic (exact) mass is 651 g/mol. The Bertz CT molecular complexity index is 1810. The van der Waals surface area contributed by atoms with Crippen LogP contribution in [0.3, 0.4) is 0 Å². The molecule has 13 heteroatoms. The third-order valence-corrected chi connectivity index (χ3v) is 9.80. The summed E-state index contributed by atoms with van der Waals surface area (Å²) in [7, 11) is -7.59. The topological polar surface area (TPSA) is 113 Å². The van der Waals surface area contributed by atoms with Crippen LogP contribution in [0.15, 0.2) is 89.8 Å². The quantitative estimate of drug-likeness (QED) is 0.203. The zero-order valence-electron chi connectivity index (χ0n) is 21.7. The van der Waals surface area contributed by atoms with E-state index in [-0.39, 0.29) is 27.2 Å². The maximum atomic E-state index is 12.8. The summed E-state index contributed by atoms with van der Waals surface area (Å²) in [6.07, 6.45) is 1.07. The van der Waals surface area contributed by atoms with E-state index in [9.17, 15) is 21.6 Å². The minimum absolute atomic E-state index is 0.00876. The Morgan fingerprint density at radius 3 is 2.05 bits per heavy atom. The van der Waals surface area contributed by atoms with Crippen LogP contribution in [0.25, 0.3) is 0 Å². The fourth-order valence-corrected chi connectivity index (χ4v) is 6.47. The number of rotatable bonds is 9. The summed E-state index contributed by atoms with van der Waals surface area (Å²) in [5, 5.41) is 3.50. The second kappa shape index (κ2) is 12.3. The summed E-state index contributed by atoms with van der Waals surface area (Å²) in [5.41, 5.74) is 2.52. The Kier molecular flexibility index (Phi) is 9.20. The van der Waals surface area contributed by atoms with Crippen LogP contribution in [0.1, 0.15) is 21.5 Å². The van der Waals surface area contributed by atoms with Crippen molar-refractivity contribution >= 4 is 77.8 Å². The van der Waals surface area contributed by atoms with Crippen LogP contribution in [0.4, 0.5) is 17.1 Å². The molecule has 4 aromatic carbocycles. The first kappa shape index (κ1) is 30.7. The second-order valence-electron chi connectivity index (χ2n) is 9.04. The van der Waals surface area contributed by atoms with E-state index in [1.165, 1.54) is 24.3 Å². The van der Waals surface area contributed by atoms with Crippen molar-refractivity contribution in [1.82, 2.24) is 0 Å². The van der Waals surface area contributed by atoms with E-state index in [0.29, 0.717) is 33.1 Å². The van der Waals surface area contributed by atoms with E-state index in [1.54, 1.807) is 67.6 Å². The number of hydrogen-bond donors (Lipinski definition) is 2. The molecule has 4 aromatic rings.